The third kappa shape index (κ3) is 2.91. The molecule has 2 heteroatoms. The molecular formula is C34H20O2. The molecule has 0 saturated carbocycles. The van der Waals surface area contributed by atoms with Gasteiger partial charge in [0.25, 0.3) is 0 Å². The van der Waals surface area contributed by atoms with Gasteiger partial charge in [0.2, 0.25) is 0 Å². The van der Waals surface area contributed by atoms with Crippen LogP contribution in [-0.2, 0) is 0 Å². The molecule has 0 radical (unpaired) electrons. The van der Waals surface area contributed by atoms with Crippen molar-refractivity contribution in [1.29, 1.82) is 0 Å². The second kappa shape index (κ2) is 7.86. The lowest BCUT2D eigenvalue weighted by molar-refractivity contribution is 0.103. The van der Waals surface area contributed by atoms with E-state index >= 15 is 0 Å². The second-order valence-corrected chi connectivity index (χ2v) is 9.17. The molecule has 0 unspecified atom stereocenters. The van der Waals surface area contributed by atoms with Gasteiger partial charge < -0.3 is 0 Å². The van der Waals surface area contributed by atoms with Crippen molar-refractivity contribution >= 4 is 54.7 Å². The first-order chi connectivity index (χ1) is 17.7. The number of carbonyl (C=O) groups excluding carboxylic acids is 2. The number of rotatable bonds is 4. The Hall–Kier alpha value is -4.82. The molecule has 7 aromatic carbocycles. The highest BCUT2D eigenvalue weighted by Crippen LogP contribution is 2.42. The molecule has 0 aliphatic carbocycles. The van der Waals surface area contributed by atoms with Crippen LogP contribution in [0.3, 0.4) is 0 Å². The number of hydrogen-bond acceptors (Lipinski definition) is 2. The van der Waals surface area contributed by atoms with Gasteiger partial charge in [0, 0.05) is 27.6 Å². The van der Waals surface area contributed by atoms with Gasteiger partial charge in [-0.1, -0.05) is 109 Å². The Kier molecular flexibility index (Phi) is 4.49. The normalized spacial score (nSPS) is 11.6. The van der Waals surface area contributed by atoms with Crippen LogP contribution in [0.25, 0.3) is 43.1 Å². The second-order valence-electron chi connectivity index (χ2n) is 9.17. The lowest BCUT2D eigenvalue weighted by Crippen LogP contribution is -2.08. The minimum Gasteiger partial charge on any atom is -0.289 e. The SMILES string of the molecule is O=C(c1ccccc1)c1ccc2c3cccc4cccc(c5ccc(C(=O)c6ccccc6)c1c25)c43. The molecule has 0 aromatic heterocycles. The van der Waals surface area contributed by atoms with Gasteiger partial charge in [-0.05, 0) is 49.8 Å². The quantitative estimate of drug-likeness (QED) is 0.151. The predicted molar refractivity (Wildman–Crippen MR) is 147 cm³/mol. The molecule has 0 spiro atoms. The Labute approximate surface area is 207 Å². The first-order valence-corrected chi connectivity index (χ1v) is 12.0. The van der Waals surface area contributed by atoms with Gasteiger partial charge in [0.1, 0.15) is 0 Å². The summed E-state index contributed by atoms with van der Waals surface area (Å²) < 4.78 is 0. The van der Waals surface area contributed by atoms with Crippen LogP contribution in [-0.4, -0.2) is 11.6 Å². The highest BCUT2D eigenvalue weighted by Gasteiger charge is 2.23. The maximum Gasteiger partial charge on any atom is 0.193 e. The molecule has 0 heterocycles. The van der Waals surface area contributed by atoms with Crippen LogP contribution in [0.5, 0.6) is 0 Å². The van der Waals surface area contributed by atoms with Crippen molar-refractivity contribution < 1.29 is 9.59 Å². The van der Waals surface area contributed by atoms with E-state index in [2.05, 4.69) is 36.4 Å². The van der Waals surface area contributed by atoms with Crippen molar-refractivity contribution in [2.24, 2.45) is 0 Å². The van der Waals surface area contributed by atoms with E-state index in [1.807, 2.05) is 84.9 Å². The maximum atomic E-state index is 13.8. The largest absolute Gasteiger partial charge is 0.289 e. The van der Waals surface area contributed by atoms with Crippen LogP contribution in [0.4, 0.5) is 0 Å². The zero-order valence-corrected chi connectivity index (χ0v) is 19.4. The highest BCUT2D eigenvalue weighted by atomic mass is 16.1. The van der Waals surface area contributed by atoms with Gasteiger partial charge in [-0.15, -0.1) is 0 Å². The van der Waals surface area contributed by atoms with E-state index in [0.29, 0.717) is 22.3 Å². The van der Waals surface area contributed by atoms with Crippen molar-refractivity contribution in [3.63, 3.8) is 0 Å². The minimum absolute atomic E-state index is 0.0847. The van der Waals surface area contributed by atoms with Gasteiger partial charge >= 0.3 is 0 Å². The van der Waals surface area contributed by atoms with Crippen molar-refractivity contribution in [3.05, 3.63) is 144 Å². The Morgan fingerprint density at radius 2 is 0.806 bits per heavy atom. The molecular weight excluding hydrogens is 440 g/mol. The molecule has 2 nitrogen and oxygen atoms in total. The molecule has 0 bridgehead atoms. The molecule has 0 aliphatic rings. The van der Waals surface area contributed by atoms with Gasteiger partial charge in [0.05, 0.1) is 0 Å². The third-order valence-electron chi connectivity index (χ3n) is 7.21. The Morgan fingerprint density at radius 1 is 0.361 bits per heavy atom. The lowest BCUT2D eigenvalue weighted by Gasteiger charge is -2.18. The molecule has 168 valence electrons. The van der Waals surface area contributed by atoms with E-state index in [4.69, 9.17) is 0 Å². The van der Waals surface area contributed by atoms with Crippen molar-refractivity contribution in [2.45, 2.75) is 0 Å². The van der Waals surface area contributed by atoms with Crippen LogP contribution in [0.1, 0.15) is 31.8 Å². The van der Waals surface area contributed by atoms with Crippen LogP contribution >= 0.6 is 0 Å². The average molecular weight is 461 g/mol. The summed E-state index contributed by atoms with van der Waals surface area (Å²) >= 11 is 0. The summed E-state index contributed by atoms with van der Waals surface area (Å²) in [6, 6.07) is 39.1. The summed E-state index contributed by atoms with van der Waals surface area (Å²) in [7, 11) is 0. The van der Waals surface area contributed by atoms with Crippen molar-refractivity contribution in [3.8, 4) is 0 Å². The first kappa shape index (κ1) is 20.5. The molecule has 7 aromatic rings. The topological polar surface area (TPSA) is 34.1 Å². The van der Waals surface area contributed by atoms with Gasteiger partial charge in [0.15, 0.2) is 11.6 Å². The van der Waals surface area contributed by atoms with E-state index in [-0.39, 0.29) is 11.6 Å². The lowest BCUT2D eigenvalue weighted by atomic mass is 9.84. The number of carbonyl (C=O) groups is 2. The van der Waals surface area contributed by atoms with Gasteiger partial charge in [-0.2, -0.15) is 0 Å². The zero-order valence-electron chi connectivity index (χ0n) is 19.4. The van der Waals surface area contributed by atoms with E-state index in [1.165, 1.54) is 10.8 Å². The Balaban J connectivity index is 1.66. The molecule has 0 saturated heterocycles. The Bertz CT molecular complexity index is 1820. The molecule has 0 aliphatic heterocycles. The van der Waals surface area contributed by atoms with E-state index < -0.39 is 0 Å². The number of fused-ring (bicyclic) bond motifs is 2. The minimum atomic E-state index is -0.0847. The third-order valence-corrected chi connectivity index (χ3v) is 7.21. The summed E-state index contributed by atoms with van der Waals surface area (Å²) in [5.74, 6) is -0.169. The number of hydrogen-bond donors (Lipinski definition) is 0. The number of benzene rings is 7. The zero-order chi connectivity index (χ0) is 24.2. The van der Waals surface area contributed by atoms with E-state index in [1.54, 1.807) is 0 Å². The van der Waals surface area contributed by atoms with Crippen molar-refractivity contribution in [1.82, 2.24) is 0 Å². The fourth-order valence-corrected chi connectivity index (χ4v) is 5.60. The van der Waals surface area contributed by atoms with E-state index in [0.717, 1.165) is 32.3 Å². The first-order valence-electron chi connectivity index (χ1n) is 12.0. The molecule has 0 atom stereocenters. The van der Waals surface area contributed by atoms with Crippen LogP contribution in [0, 0.1) is 0 Å². The molecule has 0 amide bonds. The summed E-state index contributed by atoms with van der Waals surface area (Å²) in [6.07, 6.45) is 0. The average Bonchev–Trinajstić information content (AvgIpc) is 2.95. The molecule has 7 rings (SSSR count). The fourth-order valence-electron chi connectivity index (χ4n) is 5.60. The fraction of sp³-hybridized carbons (Fsp3) is 0. The van der Waals surface area contributed by atoms with Crippen LogP contribution in [0.2, 0.25) is 0 Å². The summed E-state index contributed by atoms with van der Waals surface area (Å²) in [5.41, 5.74) is 2.31. The summed E-state index contributed by atoms with van der Waals surface area (Å²) in [6.45, 7) is 0. The predicted octanol–water partition coefficient (Wildman–Crippen LogP) is 8.20. The Morgan fingerprint density at radius 3 is 1.28 bits per heavy atom. The summed E-state index contributed by atoms with van der Waals surface area (Å²) in [4.78, 5) is 27.7. The van der Waals surface area contributed by atoms with E-state index in [9.17, 15) is 9.59 Å². The monoisotopic (exact) mass is 460 g/mol. The van der Waals surface area contributed by atoms with Crippen LogP contribution < -0.4 is 0 Å². The molecule has 36 heavy (non-hydrogen) atoms. The van der Waals surface area contributed by atoms with Gasteiger partial charge in [-0.3, -0.25) is 9.59 Å². The smallest absolute Gasteiger partial charge is 0.193 e. The maximum absolute atomic E-state index is 13.8. The van der Waals surface area contributed by atoms with Crippen molar-refractivity contribution in [2.75, 3.05) is 0 Å². The highest BCUT2D eigenvalue weighted by molar-refractivity contribution is 6.37. The standard InChI is InChI=1S/C34H20O2/c35-33(22-9-3-1-4-10-22)28-19-17-26-24-15-7-13-21-14-8-16-25(30(21)24)27-18-20-29(32(28)31(26)27)34(36)23-11-5-2-6-12-23/h1-20H. The number of ketones is 2. The van der Waals surface area contributed by atoms with Crippen LogP contribution in [0.15, 0.2) is 121 Å². The molecule has 0 fully saturated rings. The summed E-state index contributed by atoms with van der Waals surface area (Å²) in [5, 5.41) is 8.43. The van der Waals surface area contributed by atoms with Gasteiger partial charge in [-0.25, -0.2) is 0 Å². The molecule has 0 N–H and O–H groups in total.